The third-order valence-electron chi connectivity index (χ3n) is 6.19. The molecule has 3 nitrogen and oxygen atoms in total. The minimum absolute atomic E-state index is 0.0684. The van der Waals surface area contributed by atoms with Gasteiger partial charge in [-0.15, -0.1) is 0 Å². The molecule has 0 radical (unpaired) electrons. The van der Waals surface area contributed by atoms with Crippen molar-refractivity contribution in [3.63, 3.8) is 0 Å². The molecule has 1 aromatic carbocycles. The first kappa shape index (κ1) is 28.4. The molecule has 31 heavy (non-hydrogen) atoms. The van der Waals surface area contributed by atoms with Crippen molar-refractivity contribution in [3.8, 4) is 0 Å². The molecule has 0 saturated carbocycles. The molecule has 2 atom stereocenters. The van der Waals surface area contributed by atoms with E-state index in [0.717, 1.165) is 19.3 Å². The molecule has 0 saturated heterocycles. The molecule has 0 amide bonds. The van der Waals surface area contributed by atoms with Crippen LogP contribution in [0, 0.1) is 0 Å². The van der Waals surface area contributed by atoms with Gasteiger partial charge in [0.2, 0.25) is 0 Å². The molecule has 0 aliphatic carbocycles. The standard InChI is InChI=1S/C26H46O3SeSi/c1-8-10-11-13-16-22(29-31(6,7)26(3,4)5)21-24(19-20-25(27)28-9-2)30-23-17-14-12-15-18-23/h12,14-15,17-18,22,24H,8-11,13,16,19-21H2,1-7H3. The van der Waals surface area contributed by atoms with E-state index in [0.29, 0.717) is 32.8 Å². The van der Waals surface area contributed by atoms with Crippen LogP contribution < -0.4 is 4.46 Å². The molecular weight excluding hydrogens is 467 g/mol. The number of esters is 1. The summed E-state index contributed by atoms with van der Waals surface area (Å²) in [6, 6.07) is 10.8. The number of hydrogen-bond donors (Lipinski definition) is 0. The maximum absolute atomic E-state index is 12.1. The van der Waals surface area contributed by atoms with Crippen LogP contribution in [0.25, 0.3) is 0 Å². The molecule has 0 aliphatic rings. The van der Waals surface area contributed by atoms with Crippen LogP contribution in [0.15, 0.2) is 30.3 Å². The summed E-state index contributed by atoms with van der Waals surface area (Å²) in [6.07, 6.45) is 8.94. The van der Waals surface area contributed by atoms with E-state index in [1.165, 1.54) is 30.1 Å². The molecule has 0 aliphatic heterocycles. The van der Waals surface area contributed by atoms with Gasteiger partial charge in [-0.05, 0) is 0 Å². The summed E-state index contributed by atoms with van der Waals surface area (Å²) in [5.41, 5.74) is 0. The summed E-state index contributed by atoms with van der Waals surface area (Å²) in [7, 11) is -1.84. The molecule has 1 rings (SSSR count). The molecule has 0 N–H and O–H groups in total. The summed E-state index contributed by atoms with van der Waals surface area (Å²) in [5.74, 6) is -0.0684. The Hall–Kier alpha value is -0.614. The zero-order valence-corrected chi connectivity index (χ0v) is 23.8. The van der Waals surface area contributed by atoms with Gasteiger partial charge in [-0.2, -0.15) is 0 Å². The third kappa shape index (κ3) is 11.7. The summed E-state index contributed by atoms with van der Waals surface area (Å²) >= 11 is 0.326. The van der Waals surface area contributed by atoms with E-state index in [1.807, 2.05) is 6.92 Å². The van der Waals surface area contributed by atoms with Crippen molar-refractivity contribution in [1.82, 2.24) is 0 Å². The van der Waals surface area contributed by atoms with Gasteiger partial charge in [0, 0.05) is 0 Å². The first-order valence-corrected chi connectivity index (χ1v) is 16.9. The number of hydrogen-bond acceptors (Lipinski definition) is 3. The van der Waals surface area contributed by atoms with Crippen molar-refractivity contribution < 1.29 is 14.0 Å². The van der Waals surface area contributed by atoms with Gasteiger partial charge >= 0.3 is 200 Å². The number of ether oxygens (including phenoxy) is 1. The monoisotopic (exact) mass is 514 g/mol. The zero-order valence-electron chi connectivity index (χ0n) is 21.0. The van der Waals surface area contributed by atoms with Crippen LogP contribution in [0.5, 0.6) is 0 Å². The molecule has 5 heteroatoms. The van der Waals surface area contributed by atoms with E-state index in [-0.39, 0.29) is 17.1 Å². The molecule has 2 unspecified atom stereocenters. The quantitative estimate of drug-likeness (QED) is 0.145. The van der Waals surface area contributed by atoms with Crippen molar-refractivity contribution in [1.29, 1.82) is 0 Å². The van der Waals surface area contributed by atoms with Gasteiger partial charge in [0.25, 0.3) is 0 Å². The van der Waals surface area contributed by atoms with Crippen molar-refractivity contribution in [2.24, 2.45) is 0 Å². The Morgan fingerprint density at radius 2 is 1.71 bits per heavy atom. The van der Waals surface area contributed by atoms with E-state index < -0.39 is 8.32 Å². The van der Waals surface area contributed by atoms with Crippen LogP contribution in [-0.2, 0) is 14.0 Å². The summed E-state index contributed by atoms with van der Waals surface area (Å²) in [6.45, 7) is 16.3. The van der Waals surface area contributed by atoms with Crippen LogP contribution in [-0.4, -0.2) is 42.0 Å². The Morgan fingerprint density at radius 1 is 1.03 bits per heavy atom. The second-order valence-corrected chi connectivity index (χ2v) is 17.6. The first-order valence-electron chi connectivity index (χ1n) is 12.1. The molecular formula is C26H46O3SeSi. The molecule has 1 aromatic rings. The topological polar surface area (TPSA) is 35.5 Å². The summed E-state index contributed by atoms with van der Waals surface area (Å²) < 4.78 is 13.5. The minimum atomic E-state index is -1.84. The van der Waals surface area contributed by atoms with E-state index in [9.17, 15) is 4.79 Å². The van der Waals surface area contributed by atoms with E-state index in [4.69, 9.17) is 9.16 Å². The molecule has 0 heterocycles. The van der Waals surface area contributed by atoms with Gasteiger partial charge in [-0.1, -0.05) is 0 Å². The van der Waals surface area contributed by atoms with Crippen LogP contribution in [0.4, 0.5) is 0 Å². The number of benzene rings is 1. The van der Waals surface area contributed by atoms with Gasteiger partial charge in [-0.25, -0.2) is 0 Å². The summed E-state index contributed by atoms with van der Waals surface area (Å²) in [4.78, 5) is 12.5. The van der Waals surface area contributed by atoms with Gasteiger partial charge in [0.1, 0.15) is 0 Å². The van der Waals surface area contributed by atoms with E-state index in [2.05, 4.69) is 71.1 Å². The van der Waals surface area contributed by atoms with Crippen molar-refractivity contribution >= 4 is 33.7 Å². The normalized spacial score (nSPS) is 14.3. The Bertz CT molecular complexity index is 613. The summed E-state index contributed by atoms with van der Waals surface area (Å²) in [5, 5.41) is 0.208. The second-order valence-electron chi connectivity index (χ2n) is 9.98. The molecule has 0 spiro atoms. The van der Waals surface area contributed by atoms with E-state index >= 15 is 0 Å². The number of rotatable bonds is 15. The number of carbonyl (C=O) groups is 1. The SMILES string of the molecule is CCCCCCC(CC(CCC(=O)OCC)[Se]c1ccccc1)O[Si](C)(C)C(C)(C)C. The fraction of sp³-hybridized carbons (Fsp3) is 0.731. The number of unbranched alkanes of at least 4 members (excludes halogenated alkanes) is 3. The molecule has 178 valence electrons. The fourth-order valence-electron chi connectivity index (χ4n) is 3.34. The average Bonchev–Trinajstić information content (AvgIpc) is 2.69. The van der Waals surface area contributed by atoms with Crippen LogP contribution in [0.1, 0.15) is 86.0 Å². The van der Waals surface area contributed by atoms with Crippen molar-refractivity contribution in [3.05, 3.63) is 30.3 Å². The predicted molar refractivity (Wildman–Crippen MR) is 137 cm³/mol. The molecule has 0 aromatic heterocycles. The Morgan fingerprint density at radius 3 is 2.29 bits per heavy atom. The Balaban J connectivity index is 2.92. The third-order valence-corrected chi connectivity index (χ3v) is 13.5. The van der Waals surface area contributed by atoms with Gasteiger partial charge in [0.05, 0.1) is 0 Å². The van der Waals surface area contributed by atoms with Crippen molar-refractivity contribution in [2.45, 2.75) is 115 Å². The van der Waals surface area contributed by atoms with Crippen LogP contribution >= 0.6 is 0 Å². The van der Waals surface area contributed by atoms with E-state index in [1.54, 1.807) is 0 Å². The van der Waals surface area contributed by atoms with Gasteiger partial charge in [-0.3, -0.25) is 0 Å². The fourth-order valence-corrected chi connectivity index (χ4v) is 7.35. The predicted octanol–water partition coefficient (Wildman–Crippen LogP) is 6.90. The maximum atomic E-state index is 12.1. The molecule has 0 bridgehead atoms. The number of carbonyl (C=O) groups excluding carboxylic acids is 1. The Kier molecular flexibility index (Phi) is 13.3. The molecule has 0 fully saturated rings. The van der Waals surface area contributed by atoms with Gasteiger partial charge < -0.3 is 0 Å². The van der Waals surface area contributed by atoms with Crippen LogP contribution in [0.3, 0.4) is 0 Å². The first-order chi connectivity index (χ1) is 14.6. The van der Waals surface area contributed by atoms with Crippen LogP contribution in [0.2, 0.25) is 22.9 Å². The average molecular weight is 514 g/mol. The van der Waals surface area contributed by atoms with Crippen molar-refractivity contribution in [2.75, 3.05) is 6.61 Å². The second kappa shape index (κ2) is 14.5. The van der Waals surface area contributed by atoms with Gasteiger partial charge in [0.15, 0.2) is 0 Å². The Labute approximate surface area is 199 Å². The zero-order chi connectivity index (χ0) is 23.3.